The molecule has 0 unspecified atom stereocenters. The minimum Gasteiger partial charge on any atom is -0.383 e. The fourth-order valence-corrected chi connectivity index (χ4v) is 3.12. The number of H-pyrrole nitrogens is 1. The summed E-state index contributed by atoms with van der Waals surface area (Å²) in [6.45, 7) is 6.79. The van der Waals surface area contributed by atoms with Crippen molar-refractivity contribution in [2.75, 3.05) is 13.7 Å². The lowest BCUT2D eigenvalue weighted by Crippen LogP contribution is -2.32. The zero-order chi connectivity index (χ0) is 19.7. The van der Waals surface area contributed by atoms with Crippen molar-refractivity contribution >= 4 is 11.2 Å². The van der Waals surface area contributed by atoms with E-state index >= 15 is 0 Å². The van der Waals surface area contributed by atoms with E-state index in [4.69, 9.17) is 4.74 Å². The van der Waals surface area contributed by atoms with Crippen molar-refractivity contribution in [2.24, 2.45) is 5.92 Å². The van der Waals surface area contributed by atoms with Crippen LogP contribution < -0.4 is 11.2 Å². The second-order valence-corrected chi connectivity index (χ2v) is 7.00. The van der Waals surface area contributed by atoms with Crippen LogP contribution >= 0.6 is 0 Å². The van der Waals surface area contributed by atoms with Gasteiger partial charge in [-0.3, -0.25) is 14.3 Å². The minimum absolute atomic E-state index is 0.167. The quantitative estimate of drug-likeness (QED) is 0.718. The summed E-state index contributed by atoms with van der Waals surface area (Å²) in [6, 6.07) is 4.72. The van der Waals surface area contributed by atoms with E-state index in [1.165, 1.54) is 10.6 Å². The number of hydrogen-bond donors (Lipinski definition) is 1. The molecule has 0 spiro atoms. The molecule has 1 N–H and O–H groups in total. The van der Waals surface area contributed by atoms with Crippen LogP contribution in [0.2, 0.25) is 0 Å². The molecule has 0 radical (unpaired) electrons. The van der Waals surface area contributed by atoms with E-state index < -0.39 is 17.1 Å². The highest BCUT2D eigenvalue weighted by atomic mass is 19.1. The molecule has 3 aromatic rings. The molecular formula is C19H23FN4O3. The first-order chi connectivity index (χ1) is 12.8. The average Bonchev–Trinajstić information content (AvgIpc) is 2.98. The number of methoxy groups -OCH3 is 1. The predicted octanol–water partition coefficient (Wildman–Crippen LogP) is 2.30. The fourth-order valence-electron chi connectivity index (χ4n) is 3.12. The van der Waals surface area contributed by atoms with Gasteiger partial charge in [0.1, 0.15) is 11.6 Å². The van der Waals surface area contributed by atoms with Gasteiger partial charge in [0.2, 0.25) is 0 Å². The Morgan fingerprint density at radius 1 is 1.26 bits per heavy atom. The fraction of sp³-hybridized carbons (Fsp3) is 0.421. The van der Waals surface area contributed by atoms with Crippen molar-refractivity contribution in [3.8, 4) is 11.4 Å². The Hall–Kier alpha value is -2.74. The maximum absolute atomic E-state index is 14.5. The van der Waals surface area contributed by atoms with E-state index in [-0.39, 0.29) is 22.6 Å². The molecule has 0 fully saturated rings. The Kier molecular flexibility index (Phi) is 5.27. The summed E-state index contributed by atoms with van der Waals surface area (Å²) in [4.78, 5) is 31.8. The molecule has 0 amide bonds. The van der Waals surface area contributed by atoms with Crippen molar-refractivity contribution in [1.82, 2.24) is 19.1 Å². The number of aromatic amines is 1. The predicted molar refractivity (Wildman–Crippen MR) is 101 cm³/mol. The maximum Gasteiger partial charge on any atom is 0.330 e. The Labute approximate surface area is 155 Å². The molecule has 2 heterocycles. The van der Waals surface area contributed by atoms with Gasteiger partial charge >= 0.3 is 5.69 Å². The van der Waals surface area contributed by atoms with Crippen LogP contribution in [0.15, 0.2) is 27.8 Å². The zero-order valence-electron chi connectivity index (χ0n) is 15.9. The summed E-state index contributed by atoms with van der Waals surface area (Å²) >= 11 is 0. The molecule has 144 valence electrons. The number of aromatic nitrogens is 4. The molecule has 2 aromatic heterocycles. The third kappa shape index (κ3) is 3.57. The van der Waals surface area contributed by atoms with Crippen LogP contribution in [0.4, 0.5) is 4.39 Å². The molecule has 0 aliphatic heterocycles. The molecule has 0 aliphatic carbocycles. The van der Waals surface area contributed by atoms with Crippen LogP contribution in [0.25, 0.3) is 22.6 Å². The summed E-state index contributed by atoms with van der Waals surface area (Å²) in [5.74, 6) is 0.0284. The smallest absolute Gasteiger partial charge is 0.330 e. The van der Waals surface area contributed by atoms with Crippen molar-refractivity contribution < 1.29 is 9.13 Å². The number of hydrogen-bond acceptors (Lipinski definition) is 4. The lowest BCUT2D eigenvalue weighted by atomic mass is 10.1. The summed E-state index contributed by atoms with van der Waals surface area (Å²) in [6.07, 6.45) is 0. The molecule has 0 atom stereocenters. The molecule has 0 saturated heterocycles. The molecular weight excluding hydrogens is 351 g/mol. The van der Waals surface area contributed by atoms with Crippen LogP contribution in [-0.4, -0.2) is 32.8 Å². The lowest BCUT2D eigenvalue weighted by Gasteiger charge is -2.10. The van der Waals surface area contributed by atoms with Crippen LogP contribution in [-0.2, 0) is 17.8 Å². The van der Waals surface area contributed by atoms with E-state index in [0.717, 1.165) is 5.56 Å². The topological polar surface area (TPSA) is 81.9 Å². The number of nitrogens with zero attached hydrogens (tertiary/aromatic N) is 3. The number of nitrogens with one attached hydrogen (secondary N) is 1. The first-order valence-corrected chi connectivity index (χ1v) is 8.82. The van der Waals surface area contributed by atoms with Crippen molar-refractivity contribution in [1.29, 1.82) is 0 Å². The number of ether oxygens (including phenoxy) is 1. The number of aryl methyl sites for hydroxylation is 1. The third-order valence-electron chi connectivity index (χ3n) is 4.32. The van der Waals surface area contributed by atoms with Gasteiger partial charge in [-0.05, 0) is 25.0 Å². The van der Waals surface area contributed by atoms with Gasteiger partial charge in [-0.25, -0.2) is 14.2 Å². The van der Waals surface area contributed by atoms with Gasteiger partial charge < -0.3 is 9.30 Å². The number of rotatable bonds is 6. The molecule has 1 aromatic carbocycles. The monoisotopic (exact) mass is 374 g/mol. The first kappa shape index (κ1) is 19.0. The Balaban J connectivity index is 2.39. The van der Waals surface area contributed by atoms with Crippen molar-refractivity contribution in [3.05, 3.63) is 50.4 Å². The van der Waals surface area contributed by atoms with Gasteiger partial charge in [0, 0.05) is 20.2 Å². The van der Waals surface area contributed by atoms with E-state index in [0.29, 0.717) is 25.5 Å². The normalized spacial score (nSPS) is 11.6. The first-order valence-electron chi connectivity index (χ1n) is 8.82. The largest absolute Gasteiger partial charge is 0.383 e. The molecule has 7 nitrogen and oxygen atoms in total. The summed E-state index contributed by atoms with van der Waals surface area (Å²) in [7, 11) is 1.55. The average molecular weight is 374 g/mol. The van der Waals surface area contributed by atoms with Gasteiger partial charge in [-0.1, -0.05) is 25.5 Å². The highest BCUT2D eigenvalue weighted by Crippen LogP contribution is 2.26. The second kappa shape index (κ2) is 7.48. The minimum atomic E-state index is -0.544. The molecule has 27 heavy (non-hydrogen) atoms. The molecule has 8 heteroatoms. The van der Waals surface area contributed by atoms with E-state index in [9.17, 15) is 14.0 Å². The maximum atomic E-state index is 14.5. The molecule has 0 aliphatic rings. The van der Waals surface area contributed by atoms with Gasteiger partial charge in [-0.2, -0.15) is 0 Å². The zero-order valence-corrected chi connectivity index (χ0v) is 15.9. The molecule has 0 saturated carbocycles. The number of fused-ring (bicyclic) bond motifs is 1. The van der Waals surface area contributed by atoms with E-state index in [1.807, 2.05) is 20.8 Å². The van der Waals surface area contributed by atoms with Crippen LogP contribution in [0.1, 0.15) is 19.4 Å². The number of halogens is 1. The van der Waals surface area contributed by atoms with Crippen molar-refractivity contribution in [3.63, 3.8) is 0 Å². The van der Waals surface area contributed by atoms with E-state index in [1.54, 1.807) is 23.8 Å². The highest BCUT2D eigenvalue weighted by Gasteiger charge is 2.21. The second-order valence-electron chi connectivity index (χ2n) is 7.00. The van der Waals surface area contributed by atoms with Crippen molar-refractivity contribution in [2.45, 2.75) is 33.9 Å². The van der Waals surface area contributed by atoms with Gasteiger partial charge in [-0.15, -0.1) is 0 Å². The SMILES string of the molecule is COCCn1c(-c2cc(C)ccc2F)nc2c1c(=O)[nH]c(=O)n2CC(C)C. The number of imidazole rings is 1. The van der Waals surface area contributed by atoms with Gasteiger partial charge in [0.25, 0.3) is 5.56 Å². The number of benzene rings is 1. The summed E-state index contributed by atoms with van der Waals surface area (Å²) in [5, 5.41) is 0. The Morgan fingerprint density at radius 2 is 2.00 bits per heavy atom. The van der Waals surface area contributed by atoms with Crippen LogP contribution in [0.5, 0.6) is 0 Å². The summed E-state index contributed by atoms with van der Waals surface area (Å²) < 4.78 is 22.7. The van der Waals surface area contributed by atoms with Crippen LogP contribution in [0, 0.1) is 18.7 Å². The molecule has 3 rings (SSSR count). The standard InChI is InChI=1S/C19H23FN4O3/c1-11(2)10-24-17-15(18(25)22-19(24)26)23(7-8-27-4)16(21-17)13-9-12(3)5-6-14(13)20/h5-6,9,11H,7-8,10H2,1-4H3,(H,22,25,26). The highest BCUT2D eigenvalue weighted by molar-refractivity contribution is 5.77. The Morgan fingerprint density at radius 3 is 2.67 bits per heavy atom. The lowest BCUT2D eigenvalue weighted by molar-refractivity contribution is 0.188. The van der Waals surface area contributed by atoms with E-state index in [2.05, 4.69) is 9.97 Å². The third-order valence-corrected chi connectivity index (χ3v) is 4.32. The van der Waals surface area contributed by atoms with Crippen LogP contribution in [0.3, 0.4) is 0 Å². The van der Waals surface area contributed by atoms with Gasteiger partial charge in [0.15, 0.2) is 11.2 Å². The Bertz CT molecular complexity index is 1090. The van der Waals surface area contributed by atoms with Gasteiger partial charge in [0.05, 0.1) is 12.2 Å². The molecule has 0 bridgehead atoms. The summed E-state index contributed by atoms with van der Waals surface area (Å²) in [5.41, 5.74) is 0.579.